The summed E-state index contributed by atoms with van der Waals surface area (Å²) in [6.07, 6.45) is 4.95. The summed E-state index contributed by atoms with van der Waals surface area (Å²) in [7, 11) is 6.65. The number of piperidine rings is 3. The van der Waals surface area contributed by atoms with Crippen LogP contribution in [-0.4, -0.2) is 115 Å². The molecule has 4 aromatic rings. The first kappa shape index (κ1) is 36.5. The maximum atomic E-state index is 14.3. The van der Waals surface area contributed by atoms with E-state index in [1.54, 1.807) is 7.11 Å². The van der Waals surface area contributed by atoms with Gasteiger partial charge in [-0.1, -0.05) is 29.8 Å². The Bertz CT molecular complexity index is 2220. The number of hydrogen-bond donors (Lipinski definition) is 4. The molecule has 2 aromatic carbocycles. The van der Waals surface area contributed by atoms with Gasteiger partial charge in [-0.25, -0.2) is 0 Å². The second-order valence-corrected chi connectivity index (χ2v) is 17.1. The van der Waals surface area contributed by atoms with Crippen LogP contribution in [0.3, 0.4) is 0 Å². The van der Waals surface area contributed by atoms with Crippen LogP contribution in [0.25, 0.3) is 21.8 Å². The Hall–Kier alpha value is -4.16. The number of aliphatic hydroxyl groups is 2. The van der Waals surface area contributed by atoms with Crippen molar-refractivity contribution in [2.24, 2.45) is 23.2 Å². The maximum absolute atomic E-state index is 14.3. The fourth-order valence-corrected chi connectivity index (χ4v) is 12.5. The number of aliphatic hydroxyl groups excluding tert-OH is 2. The number of esters is 2. The van der Waals surface area contributed by atoms with Crippen molar-refractivity contribution in [2.75, 3.05) is 54.6 Å². The van der Waals surface area contributed by atoms with Crippen LogP contribution in [0, 0.1) is 23.2 Å². The van der Waals surface area contributed by atoms with Crippen molar-refractivity contribution in [1.82, 2.24) is 19.8 Å². The van der Waals surface area contributed by atoms with Crippen molar-refractivity contribution in [3.05, 3.63) is 76.1 Å². The molecule has 10 atom stereocenters. The molecule has 4 N–H and O–H groups in total. The Morgan fingerprint density at radius 3 is 2.53 bits per heavy atom. The highest BCUT2D eigenvalue weighted by Gasteiger charge is 2.64. The fourth-order valence-electron chi connectivity index (χ4n) is 12.5. The third kappa shape index (κ3) is 4.95. The second-order valence-electron chi connectivity index (χ2n) is 17.1. The highest BCUT2D eigenvalue weighted by Crippen LogP contribution is 2.57. The number of benzene rings is 2. The lowest BCUT2D eigenvalue weighted by Crippen LogP contribution is -2.68. The molecule has 2 unspecified atom stereocenters. The summed E-state index contributed by atoms with van der Waals surface area (Å²) in [6, 6.07) is 12.2. The minimum Gasteiger partial charge on any atom is -0.496 e. The lowest BCUT2D eigenvalue weighted by Gasteiger charge is -2.58. The van der Waals surface area contributed by atoms with Gasteiger partial charge in [0.25, 0.3) is 0 Å². The van der Waals surface area contributed by atoms with Gasteiger partial charge in [-0.15, -0.1) is 0 Å². The molecule has 6 heterocycles. The molecule has 0 amide bonds. The van der Waals surface area contributed by atoms with Crippen molar-refractivity contribution in [3.8, 4) is 5.75 Å². The summed E-state index contributed by atoms with van der Waals surface area (Å²) in [6.45, 7) is 5.90. The third-order valence-corrected chi connectivity index (χ3v) is 14.8. The van der Waals surface area contributed by atoms with Gasteiger partial charge in [-0.3, -0.25) is 19.4 Å². The topological polar surface area (TPSA) is 140 Å². The van der Waals surface area contributed by atoms with Gasteiger partial charge >= 0.3 is 11.9 Å². The monoisotopic (exact) mass is 750 g/mol. The number of nitrogens with one attached hydrogen (secondary N) is 2. The van der Waals surface area contributed by atoms with E-state index in [1.807, 2.05) is 27.0 Å². The third-order valence-electron chi connectivity index (χ3n) is 14.8. The highest BCUT2D eigenvalue weighted by molar-refractivity contribution is 5.93. The number of allylic oxidation sites excluding steroid dienone is 1. The van der Waals surface area contributed by atoms with Crippen molar-refractivity contribution in [3.63, 3.8) is 0 Å². The van der Waals surface area contributed by atoms with E-state index in [4.69, 9.17) is 14.2 Å². The predicted molar refractivity (Wildman–Crippen MR) is 209 cm³/mol. The quantitative estimate of drug-likeness (QED) is 0.161. The summed E-state index contributed by atoms with van der Waals surface area (Å²) in [4.78, 5) is 40.8. The Morgan fingerprint density at radius 1 is 1.04 bits per heavy atom. The van der Waals surface area contributed by atoms with Gasteiger partial charge < -0.3 is 34.4 Å². The standard InChI is InChI=1S/C44H54N4O7/c1-7-25-21-47(3)37-17-32-26-10-8-9-11-34(26)45-38(32)31(16-33(25)44(37,22-49)42(52)55-6)30-15-29-27-12-13-48-20-24-14-28(23(2)50)40(48)43(19-24,41(51)54-5)39(27)46-35(29)18-36(30)53-4/h7-11,15,18,23-24,28,31,33,37,40,45-46,49-50H,12-14,16-17,19-22H2,1-6H3/b25-7+/t23-,24-,28+,31+,33+,37-,40?,43+,44-/m0/s1. The van der Waals surface area contributed by atoms with Gasteiger partial charge in [0.05, 0.1) is 34.0 Å². The largest absolute Gasteiger partial charge is 0.496 e. The van der Waals surface area contributed by atoms with Crippen LogP contribution in [0.4, 0.5) is 0 Å². The molecule has 2 aromatic heterocycles. The number of methoxy groups -OCH3 is 3. The Labute approximate surface area is 322 Å². The van der Waals surface area contributed by atoms with Crippen LogP contribution < -0.4 is 4.74 Å². The number of likely N-dealkylation sites (tertiary alicyclic amines) is 1. The second kappa shape index (κ2) is 13.2. The summed E-state index contributed by atoms with van der Waals surface area (Å²) < 4.78 is 17.6. The average Bonchev–Trinajstić information content (AvgIpc) is 3.72. The molecule has 0 spiro atoms. The lowest BCUT2D eigenvalue weighted by atomic mass is 9.56. The van der Waals surface area contributed by atoms with E-state index >= 15 is 0 Å². The van der Waals surface area contributed by atoms with Crippen LogP contribution in [0.2, 0.25) is 0 Å². The molecule has 3 saturated heterocycles. The number of carbonyl (C=O) groups is 2. The van der Waals surface area contributed by atoms with E-state index in [0.717, 1.165) is 81.4 Å². The molecule has 6 aliphatic rings. The van der Waals surface area contributed by atoms with Crippen LogP contribution in [0.15, 0.2) is 48.0 Å². The number of aromatic amines is 2. The average molecular weight is 751 g/mol. The molecule has 2 aliphatic carbocycles. The first-order valence-corrected chi connectivity index (χ1v) is 19.9. The zero-order chi connectivity index (χ0) is 38.6. The van der Waals surface area contributed by atoms with Gasteiger partial charge in [0, 0.05) is 94.3 Å². The van der Waals surface area contributed by atoms with E-state index in [0.29, 0.717) is 31.6 Å². The highest BCUT2D eigenvalue weighted by atomic mass is 16.5. The molecular weight excluding hydrogens is 697 g/mol. The summed E-state index contributed by atoms with van der Waals surface area (Å²) >= 11 is 0. The molecule has 10 rings (SSSR count). The Kier molecular flexibility index (Phi) is 8.77. The van der Waals surface area contributed by atoms with Crippen LogP contribution in [0.1, 0.15) is 67.1 Å². The summed E-state index contributed by atoms with van der Waals surface area (Å²) in [5, 5.41) is 24.7. The van der Waals surface area contributed by atoms with Crippen molar-refractivity contribution >= 4 is 33.7 Å². The molecule has 11 heteroatoms. The van der Waals surface area contributed by atoms with E-state index in [1.165, 1.54) is 14.2 Å². The summed E-state index contributed by atoms with van der Waals surface area (Å²) in [5.74, 6) is -0.277. The molecule has 4 fully saturated rings. The smallest absolute Gasteiger partial charge is 0.319 e. The first-order chi connectivity index (χ1) is 26.6. The minimum atomic E-state index is -1.20. The van der Waals surface area contributed by atoms with Crippen LogP contribution >= 0.6 is 0 Å². The lowest BCUT2D eigenvalue weighted by molar-refractivity contribution is -0.169. The number of H-pyrrole nitrogens is 2. The number of rotatable bonds is 6. The number of fused-ring (bicyclic) bond motifs is 9. The number of nitrogens with zero attached hydrogens (tertiary/aromatic N) is 2. The number of aromatic nitrogens is 2. The normalized spacial score (nSPS) is 34.0. The molecule has 6 bridgehead atoms. The predicted octanol–water partition coefficient (Wildman–Crippen LogP) is 4.82. The van der Waals surface area contributed by atoms with Crippen molar-refractivity contribution in [1.29, 1.82) is 0 Å². The molecule has 1 saturated carbocycles. The number of hydrogen-bond acceptors (Lipinski definition) is 9. The fraction of sp³-hybridized carbons (Fsp3) is 0.545. The van der Waals surface area contributed by atoms with Crippen molar-refractivity contribution in [2.45, 2.75) is 75.5 Å². The maximum Gasteiger partial charge on any atom is 0.319 e. The molecule has 4 aliphatic heterocycles. The SMILES string of the molecule is C/C=C1\CN(C)[C@H]2Cc3c([nH]c4ccccc34)[C@@H](c3cc4c5c([nH]c4cc3OC)[C@]3(C(=O)OC)C[C@@H]4C[C@H]([C@H](C)O)C3N(CC5)C4)C[C@H]1[C@]2(CO)C(=O)OC. The van der Waals surface area contributed by atoms with E-state index in [-0.39, 0.29) is 48.3 Å². The van der Waals surface area contributed by atoms with E-state index < -0.39 is 22.9 Å². The van der Waals surface area contributed by atoms with Gasteiger partial charge in [-0.05, 0) is 82.2 Å². The number of para-hydroxylation sites is 1. The van der Waals surface area contributed by atoms with Crippen LogP contribution in [-0.2, 0) is 37.3 Å². The number of carbonyl (C=O) groups excluding carboxylic acids is 2. The van der Waals surface area contributed by atoms with Gasteiger partial charge in [-0.2, -0.15) is 0 Å². The van der Waals surface area contributed by atoms with E-state index in [2.05, 4.69) is 56.2 Å². The molecule has 11 nitrogen and oxygen atoms in total. The zero-order valence-corrected chi connectivity index (χ0v) is 32.8. The van der Waals surface area contributed by atoms with Crippen LogP contribution in [0.5, 0.6) is 5.75 Å². The molecule has 55 heavy (non-hydrogen) atoms. The Morgan fingerprint density at radius 2 is 1.82 bits per heavy atom. The number of likely N-dealkylation sites (N-methyl/N-ethyl adjacent to an activating group) is 1. The van der Waals surface area contributed by atoms with Gasteiger partial charge in [0.15, 0.2) is 0 Å². The first-order valence-electron chi connectivity index (χ1n) is 19.9. The molecular formula is C44H54N4O7. The Balaban J connectivity index is 1.29. The van der Waals surface area contributed by atoms with Gasteiger partial charge in [0.2, 0.25) is 0 Å². The summed E-state index contributed by atoms with van der Waals surface area (Å²) in [5.41, 5.74) is 6.09. The molecule has 292 valence electrons. The number of ether oxygens (including phenoxy) is 3. The van der Waals surface area contributed by atoms with E-state index in [9.17, 15) is 19.8 Å². The molecule has 0 radical (unpaired) electrons. The van der Waals surface area contributed by atoms with Gasteiger partial charge in [0.1, 0.15) is 16.6 Å². The zero-order valence-electron chi connectivity index (χ0n) is 32.8. The van der Waals surface area contributed by atoms with Crippen molar-refractivity contribution < 1.29 is 34.0 Å². The minimum absolute atomic E-state index is 0.0507.